The molecule has 3 aromatic rings. The molecule has 0 spiro atoms. The van der Waals surface area contributed by atoms with Crippen LogP contribution in [-0.4, -0.2) is 19.5 Å². The third kappa shape index (κ3) is 1.99. The van der Waals surface area contributed by atoms with Gasteiger partial charge in [0, 0.05) is 12.4 Å². The summed E-state index contributed by atoms with van der Waals surface area (Å²) < 4.78 is 1.96. The van der Waals surface area contributed by atoms with Crippen molar-refractivity contribution >= 4 is 22.8 Å². The van der Waals surface area contributed by atoms with Crippen LogP contribution in [0, 0.1) is 0 Å². The Balaban J connectivity index is 2.03. The minimum Gasteiger partial charge on any atom is -0.311 e. The lowest BCUT2D eigenvalue weighted by Crippen LogP contribution is -1.99. The zero-order valence-electron chi connectivity index (χ0n) is 8.92. The Morgan fingerprint density at radius 1 is 1.24 bits per heavy atom. The van der Waals surface area contributed by atoms with Crippen molar-refractivity contribution in [1.82, 2.24) is 19.5 Å². The first kappa shape index (κ1) is 10.2. The van der Waals surface area contributed by atoms with E-state index in [9.17, 15) is 0 Å². The summed E-state index contributed by atoms with van der Waals surface area (Å²) in [4.78, 5) is 12.6. The van der Waals surface area contributed by atoms with Crippen molar-refractivity contribution < 1.29 is 0 Å². The van der Waals surface area contributed by atoms with Crippen molar-refractivity contribution in [2.24, 2.45) is 0 Å². The minimum absolute atomic E-state index is 0.477. The molecule has 0 aliphatic rings. The molecule has 0 unspecified atom stereocenters. The third-order valence-electron chi connectivity index (χ3n) is 2.50. The Labute approximate surface area is 103 Å². The molecule has 3 aromatic heterocycles. The highest BCUT2D eigenvalue weighted by atomic mass is 35.5. The lowest BCUT2D eigenvalue weighted by molar-refractivity contribution is 0.810. The normalized spacial score (nSPS) is 10.9. The first-order chi connectivity index (χ1) is 8.33. The van der Waals surface area contributed by atoms with E-state index in [4.69, 9.17) is 11.6 Å². The number of imidazole rings is 1. The van der Waals surface area contributed by atoms with E-state index in [0.717, 1.165) is 16.7 Å². The Morgan fingerprint density at radius 2 is 2.18 bits per heavy atom. The van der Waals surface area contributed by atoms with Crippen LogP contribution in [-0.2, 0) is 6.54 Å². The maximum absolute atomic E-state index is 5.89. The molecule has 0 fully saturated rings. The van der Waals surface area contributed by atoms with Crippen molar-refractivity contribution in [2.75, 3.05) is 0 Å². The standard InChI is InChI=1S/C12H9ClN4/c13-11-4-3-10-12(16-11)17(8-15-10)7-9-2-1-5-14-6-9/h1-6,8H,7H2. The average Bonchev–Trinajstić information content (AvgIpc) is 2.73. The molecule has 0 aromatic carbocycles. The number of halogens is 1. The van der Waals surface area contributed by atoms with Gasteiger partial charge in [0.25, 0.3) is 0 Å². The van der Waals surface area contributed by atoms with Gasteiger partial charge in [-0.05, 0) is 23.8 Å². The van der Waals surface area contributed by atoms with Crippen molar-refractivity contribution in [3.63, 3.8) is 0 Å². The predicted molar refractivity (Wildman–Crippen MR) is 65.9 cm³/mol. The Morgan fingerprint density at radius 3 is 3.00 bits per heavy atom. The van der Waals surface area contributed by atoms with E-state index in [2.05, 4.69) is 15.0 Å². The molecule has 84 valence electrons. The van der Waals surface area contributed by atoms with Crippen LogP contribution in [0.3, 0.4) is 0 Å². The molecule has 0 aliphatic heterocycles. The maximum atomic E-state index is 5.89. The van der Waals surface area contributed by atoms with Crippen molar-refractivity contribution in [3.05, 3.63) is 53.7 Å². The van der Waals surface area contributed by atoms with Gasteiger partial charge >= 0.3 is 0 Å². The second-order valence-electron chi connectivity index (χ2n) is 3.71. The first-order valence-electron chi connectivity index (χ1n) is 5.19. The second kappa shape index (κ2) is 4.14. The van der Waals surface area contributed by atoms with Crippen LogP contribution in [0.15, 0.2) is 43.0 Å². The first-order valence-corrected chi connectivity index (χ1v) is 5.57. The van der Waals surface area contributed by atoms with E-state index in [1.807, 2.05) is 29.0 Å². The van der Waals surface area contributed by atoms with E-state index in [0.29, 0.717) is 11.7 Å². The highest BCUT2D eigenvalue weighted by Crippen LogP contribution is 2.15. The fourth-order valence-corrected chi connectivity index (χ4v) is 1.86. The maximum Gasteiger partial charge on any atom is 0.161 e. The fourth-order valence-electron chi connectivity index (χ4n) is 1.72. The van der Waals surface area contributed by atoms with Crippen LogP contribution in [0.1, 0.15) is 5.56 Å². The number of hydrogen-bond acceptors (Lipinski definition) is 3. The Hall–Kier alpha value is -1.94. The Bertz CT molecular complexity index is 648. The minimum atomic E-state index is 0.477. The number of rotatable bonds is 2. The smallest absolute Gasteiger partial charge is 0.161 e. The number of fused-ring (bicyclic) bond motifs is 1. The summed E-state index contributed by atoms with van der Waals surface area (Å²) in [6.07, 6.45) is 5.35. The highest BCUT2D eigenvalue weighted by molar-refractivity contribution is 6.29. The summed E-state index contributed by atoms with van der Waals surface area (Å²) in [5, 5.41) is 0.477. The van der Waals surface area contributed by atoms with E-state index in [1.165, 1.54) is 0 Å². The SMILES string of the molecule is Clc1ccc2ncn(Cc3cccnc3)c2n1. The molecule has 0 bridgehead atoms. The highest BCUT2D eigenvalue weighted by Gasteiger charge is 2.05. The lowest BCUT2D eigenvalue weighted by Gasteiger charge is -2.03. The molecule has 0 amide bonds. The molecule has 3 rings (SSSR count). The summed E-state index contributed by atoms with van der Waals surface area (Å²) in [5.74, 6) is 0. The van der Waals surface area contributed by atoms with Gasteiger partial charge in [-0.3, -0.25) is 4.98 Å². The zero-order chi connectivity index (χ0) is 11.7. The number of hydrogen-bond donors (Lipinski definition) is 0. The van der Waals surface area contributed by atoms with Crippen LogP contribution >= 0.6 is 11.6 Å². The van der Waals surface area contributed by atoms with Crippen molar-refractivity contribution in [2.45, 2.75) is 6.54 Å². The van der Waals surface area contributed by atoms with Crippen molar-refractivity contribution in [3.8, 4) is 0 Å². The molecular formula is C12H9ClN4. The number of nitrogens with zero attached hydrogens (tertiary/aromatic N) is 4. The van der Waals surface area contributed by atoms with Crippen molar-refractivity contribution in [1.29, 1.82) is 0 Å². The monoisotopic (exact) mass is 244 g/mol. The molecule has 0 aliphatic carbocycles. The third-order valence-corrected chi connectivity index (χ3v) is 2.72. The molecule has 3 heterocycles. The molecule has 0 saturated heterocycles. The summed E-state index contributed by atoms with van der Waals surface area (Å²) in [6, 6.07) is 7.54. The van der Waals surface area contributed by atoms with Crippen LogP contribution in [0.2, 0.25) is 5.15 Å². The van der Waals surface area contributed by atoms with Gasteiger partial charge in [-0.1, -0.05) is 17.7 Å². The van der Waals surface area contributed by atoms with Crippen LogP contribution in [0.5, 0.6) is 0 Å². The van der Waals surface area contributed by atoms with Gasteiger partial charge in [0.2, 0.25) is 0 Å². The molecule has 5 heteroatoms. The molecular weight excluding hydrogens is 236 g/mol. The van der Waals surface area contributed by atoms with Gasteiger partial charge in [0.1, 0.15) is 10.7 Å². The second-order valence-corrected chi connectivity index (χ2v) is 4.10. The largest absolute Gasteiger partial charge is 0.311 e. The average molecular weight is 245 g/mol. The van der Waals surface area contributed by atoms with Crippen LogP contribution in [0.25, 0.3) is 11.2 Å². The topological polar surface area (TPSA) is 43.6 Å². The summed E-state index contributed by atoms with van der Waals surface area (Å²) in [5.41, 5.74) is 2.74. The molecule has 17 heavy (non-hydrogen) atoms. The number of aromatic nitrogens is 4. The zero-order valence-corrected chi connectivity index (χ0v) is 9.67. The summed E-state index contributed by atoms with van der Waals surface area (Å²) in [6.45, 7) is 0.692. The quantitative estimate of drug-likeness (QED) is 0.651. The van der Waals surface area contributed by atoms with Gasteiger partial charge in [-0.25, -0.2) is 9.97 Å². The molecule has 0 atom stereocenters. The van der Waals surface area contributed by atoms with E-state index < -0.39 is 0 Å². The number of pyridine rings is 2. The lowest BCUT2D eigenvalue weighted by atomic mass is 10.3. The van der Waals surface area contributed by atoms with Gasteiger partial charge in [0.05, 0.1) is 12.9 Å². The van der Waals surface area contributed by atoms with E-state index in [-0.39, 0.29) is 0 Å². The van der Waals surface area contributed by atoms with Crippen LogP contribution in [0.4, 0.5) is 0 Å². The summed E-state index contributed by atoms with van der Waals surface area (Å²) >= 11 is 5.89. The van der Waals surface area contributed by atoms with E-state index >= 15 is 0 Å². The predicted octanol–water partition coefficient (Wildman–Crippen LogP) is 2.53. The molecule has 4 nitrogen and oxygen atoms in total. The van der Waals surface area contributed by atoms with E-state index in [1.54, 1.807) is 18.6 Å². The van der Waals surface area contributed by atoms with Gasteiger partial charge in [-0.15, -0.1) is 0 Å². The van der Waals surface area contributed by atoms with Gasteiger partial charge < -0.3 is 4.57 Å². The fraction of sp³-hybridized carbons (Fsp3) is 0.0833. The summed E-state index contributed by atoms with van der Waals surface area (Å²) in [7, 11) is 0. The molecule has 0 N–H and O–H groups in total. The van der Waals surface area contributed by atoms with Crippen LogP contribution < -0.4 is 0 Å². The van der Waals surface area contributed by atoms with Gasteiger partial charge in [0.15, 0.2) is 5.65 Å². The molecule has 0 saturated carbocycles. The van der Waals surface area contributed by atoms with Gasteiger partial charge in [-0.2, -0.15) is 0 Å². The molecule has 0 radical (unpaired) electrons. The Kier molecular flexibility index (Phi) is 2.49.